The Morgan fingerprint density at radius 1 is 1.06 bits per heavy atom. The van der Waals surface area contributed by atoms with Crippen molar-refractivity contribution in [2.75, 3.05) is 26.2 Å². The topological polar surface area (TPSA) is 79.5 Å². The molecule has 0 aliphatic rings. The highest BCUT2D eigenvalue weighted by atomic mass is 16.6. The quantitative estimate of drug-likeness (QED) is 0.586. The van der Waals surface area contributed by atoms with Gasteiger partial charge in [0.2, 0.25) is 5.91 Å². The van der Waals surface area contributed by atoms with E-state index in [0.717, 1.165) is 6.42 Å². The lowest BCUT2D eigenvalue weighted by atomic mass is 10.2. The molecular weight excluding hydrogens is 234 g/mol. The lowest BCUT2D eigenvalue weighted by Crippen LogP contribution is -2.39. The minimum absolute atomic E-state index is 0.0332. The van der Waals surface area contributed by atoms with Crippen molar-refractivity contribution in [3.8, 4) is 0 Å². The van der Waals surface area contributed by atoms with Crippen LogP contribution in [0.5, 0.6) is 0 Å². The van der Waals surface area contributed by atoms with E-state index in [9.17, 15) is 9.59 Å². The molecule has 0 heterocycles. The van der Waals surface area contributed by atoms with Gasteiger partial charge in [-0.15, -0.1) is 0 Å². The highest BCUT2D eigenvalue weighted by molar-refractivity contribution is 5.77. The molecule has 0 radical (unpaired) electrons. The largest absolute Gasteiger partial charge is 0.444 e. The van der Waals surface area contributed by atoms with E-state index in [1.807, 2.05) is 27.7 Å². The standard InChI is InChI=1S/C12H25N3O3/c1-5-6-14-10(16)9-13-7-8-15-11(17)18-12(2,3)4/h13H,5-9H2,1-4H3,(H,14,16)(H,15,17). The fourth-order valence-corrected chi connectivity index (χ4v) is 1.10. The van der Waals surface area contributed by atoms with E-state index in [-0.39, 0.29) is 12.5 Å². The molecule has 0 aromatic rings. The number of carbonyl (C=O) groups excluding carboxylic acids is 2. The maximum absolute atomic E-state index is 11.3. The third-order valence-electron chi connectivity index (χ3n) is 1.83. The third kappa shape index (κ3) is 11.2. The molecule has 0 aromatic heterocycles. The van der Waals surface area contributed by atoms with Gasteiger partial charge in [-0.05, 0) is 27.2 Å². The number of amides is 2. The zero-order valence-corrected chi connectivity index (χ0v) is 11.8. The Balaban J connectivity index is 3.45. The molecule has 6 heteroatoms. The van der Waals surface area contributed by atoms with Crippen LogP contribution in [-0.4, -0.2) is 43.8 Å². The average Bonchev–Trinajstić information content (AvgIpc) is 2.23. The number of rotatable bonds is 7. The van der Waals surface area contributed by atoms with Crippen LogP contribution in [0.15, 0.2) is 0 Å². The van der Waals surface area contributed by atoms with E-state index >= 15 is 0 Å². The van der Waals surface area contributed by atoms with E-state index in [4.69, 9.17) is 4.74 Å². The van der Waals surface area contributed by atoms with Crippen LogP contribution in [0.2, 0.25) is 0 Å². The van der Waals surface area contributed by atoms with Gasteiger partial charge in [-0.25, -0.2) is 4.79 Å². The molecule has 0 atom stereocenters. The Morgan fingerprint density at radius 2 is 1.72 bits per heavy atom. The van der Waals surface area contributed by atoms with Crippen LogP contribution >= 0.6 is 0 Å². The van der Waals surface area contributed by atoms with Crippen LogP contribution in [0.1, 0.15) is 34.1 Å². The van der Waals surface area contributed by atoms with E-state index in [2.05, 4.69) is 16.0 Å². The first-order valence-electron chi connectivity index (χ1n) is 6.29. The molecule has 0 bridgehead atoms. The maximum Gasteiger partial charge on any atom is 0.407 e. The second kappa shape index (κ2) is 8.74. The molecule has 0 saturated heterocycles. The molecule has 0 unspecified atom stereocenters. The molecule has 2 amide bonds. The maximum atomic E-state index is 11.3. The van der Waals surface area contributed by atoms with Crippen molar-refractivity contribution in [3.63, 3.8) is 0 Å². The third-order valence-corrected chi connectivity index (χ3v) is 1.83. The van der Waals surface area contributed by atoms with Crippen LogP contribution < -0.4 is 16.0 Å². The summed E-state index contributed by atoms with van der Waals surface area (Å²) in [5, 5.41) is 8.28. The lowest BCUT2D eigenvalue weighted by Gasteiger charge is -2.19. The molecule has 3 N–H and O–H groups in total. The number of hydrogen-bond acceptors (Lipinski definition) is 4. The highest BCUT2D eigenvalue weighted by Crippen LogP contribution is 2.05. The Kier molecular flexibility index (Phi) is 8.11. The summed E-state index contributed by atoms with van der Waals surface area (Å²) in [4.78, 5) is 22.5. The van der Waals surface area contributed by atoms with Gasteiger partial charge < -0.3 is 20.7 Å². The van der Waals surface area contributed by atoms with Gasteiger partial charge in [0.15, 0.2) is 0 Å². The van der Waals surface area contributed by atoms with Crippen LogP contribution in [0.4, 0.5) is 4.79 Å². The number of hydrogen-bond donors (Lipinski definition) is 3. The van der Waals surface area contributed by atoms with Crippen LogP contribution in [-0.2, 0) is 9.53 Å². The van der Waals surface area contributed by atoms with Gasteiger partial charge in [-0.2, -0.15) is 0 Å². The van der Waals surface area contributed by atoms with Crippen molar-refractivity contribution in [1.29, 1.82) is 0 Å². The summed E-state index contributed by atoms with van der Waals surface area (Å²) >= 11 is 0. The van der Waals surface area contributed by atoms with E-state index in [1.54, 1.807) is 0 Å². The van der Waals surface area contributed by atoms with Crippen LogP contribution in [0.25, 0.3) is 0 Å². The Hall–Kier alpha value is -1.30. The number of ether oxygens (including phenoxy) is 1. The van der Waals surface area contributed by atoms with Gasteiger partial charge in [-0.1, -0.05) is 6.92 Å². The minimum Gasteiger partial charge on any atom is -0.444 e. The first kappa shape index (κ1) is 16.7. The van der Waals surface area contributed by atoms with Crippen molar-refractivity contribution in [1.82, 2.24) is 16.0 Å². The summed E-state index contributed by atoms with van der Waals surface area (Å²) in [6.07, 6.45) is 0.478. The molecule has 0 rings (SSSR count). The lowest BCUT2D eigenvalue weighted by molar-refractivity contribution is -0.120. The molecule has 0 saturated carbocycles. The summed E-state index contributed by atoms with van der Waals surface area (Å²) in [6, 6.07) is 0. The normalized spacial score (nSPS) is 10.9. The smallest absolute Gasteiger partial charge is 0.407 e. The average molecular weight is 259 g/mol. The van der Waals surface area contributed by atoms with Crippen molar-refractivity contribution in [2.24, 2.45) is 0 Å². The summed E-state index contributed by atoms with van der Waals surface area (Å²) < 4.78 is 5.06. The van der Waals surface area contributed by atoms with Crippen molar-refractivity contribution in [3.05, 3.63) is 0 Å². The molecule has 6 nitrogen and oxygen atoms in total. The SMILES string of the molecule is CCCNC(=O)CNCCNC(=O)OC(C)(C)C. The predicted octanol–water partition coefficient (Wildman–Crippen LogP) is 0.627. The van der Waals surface area contributed by atoms with Gasteiger partial charge >= 0.3 is 6.09 Å². The van der Waals surface area contributed by atoms with Crippen LogP contribution in [0.3, 0.4) is 0 Å². The molecule has 0 aliphatic heterocycles. The van der Waals surface area contributed by atoms with Gasteiger partial charge in [0, 0.05) is 19.6 Å². The summed E-state index contributed by atoms with van der Waals surface area (Å²) in [5.41, 5.74) is -0.489. The summed E-state index contributed by atoms with van der Waals surface area (Å²) in [6.45, 7) is 9.33. The number of alkyl carbamates (subject to hydrolysis) is 1. The first-order valence-corrected chi connectivity index (χ1v) is 6.29. The molecule has 0 spiro atoms. The predicted molar refractivity (Wildman–Crippen MR) is 70.4 cm³/mol. The zero-order chi connectivity index (χ0) is 14.0. The van der Waals surface area contributed by atoms with Gasteiger partial charge in [0.05, 0.1) is 6.54 Å². The molecular formula is C12H25N3O3. The fourth-order valence-electron chi connectivity index (χ4n) is 1.10. The summed E-state index contributed by atoms with van der Waals surface area (Å²) in [5.74, 6) is -0.0332. The molecule has 0 aliphatic carbocycles. The Labute approximate surface area is 109 Å². The van der Waals surface area contributed by atoms with Gasteiger partial charge in [-0.3, -0.25) is 4.79 Å². The molecule has 0 fully saturated rings. The Bertz CT molecular complexity index is 262. The van der Waals surface area contributed by atoms with Crippen molar-refractivity contribution >= 4 is 12.0 Å². The molecule has 0 aromatic carbocycles. The van der Waals surface area contributed by atoms with Crippen molar-refractivity contribution < 1.29 is 14.3 Å². The highest BCUT2D eigenvalue weighted by Gasteiger charge is 2.15. The van der Waals surface area contributed by atoms with E-state index < -0.39 is 11.7 Å². The summed E-state index contributed by atoms with van der Waals surface area (Å²) in [7, 11) is 0. The molecule has 106 valence electrons. The van der Waals surface area contributed by atoms with Gasteiger partial charge in [0.25, 0.3) is 0 Å². The minimum atomic E-state index is -0.489. The second-order valence-corrected chi connectivity index (χ2v) is 4.96. The number of nitrogens with one attached hydrogen (secondary N) is 3. The zero-order valence-electron chi connectivity index (χ0n) is 11.8. The van der Waals surface area contributed by atoms with Gasteiger partial charge in [0.1, 0.15) is 5.60 Å². The molecule has 18 heavy (non-hydrogen) atoms. The number of carbonyl (C=O) groups is 2. The van der Waals surface area contributed by atoms with Crippen molar-refractivity contribution in [2.45, 2.75) is 39.7 Å². The van der Waals surface area contributed by atoms with E-state index in [0.29, 0.717) is 19.6 Å². The fraction of sp³-hybridized carbons (Fsp3) is 0.833. The monoisotopic (exact) mass is 259 g/mol. The van der Waals surface area contributed by atoms with Crippen LogP contribution in [0, 0.1) is 0 Å². The van der Waals surface area contributed by atoms with E-state index in [1.165, 1.54) is 0 Å². The Morgan fingerprint density at radius 3 is 2.28 bits per heavy atom. The first-order chi connectivity index (χ1) is 8.35. The second-order valence-electron chi connectivity index (χ2n) is 4.96.